The molecule has 1 fully saturated rings. The molecule has 0 spiro atoms. The molecule has 1 aromatic heterocycles. The summed E-state index contributed by atoms with van der Waals surface area (Å²) in [5.41, 5.74) is 0.568. The van der Waals surface area contributed by atoms with Gasteiger partial charge in [0.2, 0.25) is 0 Å². The Balaban J connectivity index is 1.93. The zero-order valence-electron chi connectivity index (χ0n) is 10.4. The number of benzene rings is 1. The second kappa shape index (κ2) is 5.98. The van der Waals surface area contributed by atoms with Crippen molar-refractivity contribution in [1.29, 1.82) is 0 Å². The van der Waals surface area contributed by atoms with Gasteiger partial charge in [0.25, 0.3) is 11.1 Å². The number of hydrogen-bond acceptors (Lipinski definition) is 4. The number of para-hydroxylation sites is 1. The third kappa shape index (κ3) is 2.95. The number of furan rings is 1. The Hall–Kier alpha value is -1.06. The van der Waals surface area contributed by atoms with Crippen molar-refractivity contribution in [2.24, 2.45) is 0 Å². The van der Waals surface area contributed by atoms with E-state index in [-0.39, 0.29) is 11.1 Å². The number of thioether (sulfide) groups is 1. The number of hydrogen-bond donors (Lipinski definition) is 0. The minimum atomic E-state index is -0.335. The molecule has 3 rings (SSSR count). The molecular formula is C14H7BrINO3S. The van der Waals surface area contributed by atoms with E-state index >= 15 is 0 Å². The minimum Gasteiger partial charge on any atom is -0.450 e. The van der Waals surface area contributed by atoms with Gasteiger partial charge < -0.3 is 4.42 Å². The summed E-state index contributed by atoms with van der Waals surface area (Å²) in [4.78, 5) is 25.9. The van der Waals surface area contributed by atoms with E-state index in [1.54, 1.807) is 36.4 Å². The van der Waals surface area contributed by atoms with Crippen LogP contribution in [0, 0.1) is 3.77 Å². The van der Waals surface area contributed by atoms with Gasteiger partial charge in [-0.2, -0.15) is 0 Å². The molecule has 0 unspecified atom stereocenters. The molecule has 2 aromatic rings. The highest BCUT2D eigenvalue weighted by atomic mass is 127. The lowest BCUT2D eigenvalue weighted by molar-refractivity contribution is -0.113. The maximum atomic E-state index is 12.4. The quantitative estimate of drug-likeness (QED) is 0.458. The van der Waals surface area contributed by atoms with Gasteiger partial charge in [0.1, 0.15) is 5.76 Å². The lowest BCUT2D eigenvalue weighted by Gasteiger charge is -2.11. The SMILES string of the molecule is O=C1S/C(=C\c2cc(Br)c(I)o2)C(=O)N1c1ccccc1. The Morgan fingerprint density at radius 2 is 1.95 bits per heavy atom. The molecule has 1 saturated heterocycles. The van der Waals surface area contributed by atoms with Crippen LogP contribution in [-0.4, -0.2) is 11.1 Å². The first kappa shape index (κ1) is 14.9. The highest BCUT2D eigenvalue weighted by molar-refractivity contribution is 14.1. The van der Waals surface area contributed by atoms with Crippen molar-refractivity contribution in [2.75, 3.05) is 4.90 Å². The van der Waals surface area contributed by atoms with Crippen molar-refractivity contribution in [1.82, 2.24) is 0 Å². The fourth-order valence-electron chi connectivity index (χ4n) is 1.83. The Morgan fingerprint density at radius 3 is 2.57 bits per heavy atom. The van der Waals surface area contributed by atoms with Crippen molar-refractivity contribution in [3.63, 3.8) is 0 Å². The largest absolute Gasteiger partial charge is 0.450 e. The molecule has 0 radical (unpaired) electrons. The highest BCUT2D eigenvalue weighted by Gasteiger charge is 2.36. The Morgan fingerprint density at radius 1 is 1.24 bits per heavy atom. The van der Waals surface area contributed by atoms with Crippen molar-refractivity contribution < 1.29 is 14.0 Å². The lowest BCUT2D eigenvalue weighted by atomic mass is 10.3. The van der Waals surface area contributed by atoms with E-state index in [4.69, 9.17) is 4.42 Å². The van der Waals surface area contributed by atoms with Gasteiger partial charge >= 0.3 is 0 Å². The minimum absolute atomic E-state index is 0.308. The molecule has 2 amide bonds. The number of amides is 2. The molecule has 0 bridgehead atoms. The zero-order valence-corrected chi connectivity index (χ0v) is 14.9. The van der Waals surface area contributed by atoms with Crippen LogP contribution in [0.4, 0.5) is 10.5 Å². The summed E-state index contributed by atoms with van der Waals surface area (Å²) < 4.78 is 6.98. The summed E-state index contributed by atoms with van der Waals surface area (Å²) in [7, 11) is 0. The fraction of sp³-hybridized carbons (Fsp3) is 0. The van der Waals surface area contributed by atoms with Gasteiger partial charge in [-0.25, -0.2) is 4.90 Å². The van der Waals surface area contributed by atoms with Crippen LogP contribution in [0.2, 0.25) is 0 Å². The predicted octanol–water partition coefficient (Wildman–Crippen LogP) is 4.89. The van der Waals surface area contributed by atoms with Gasteiger partial charge in [-0.1, -0.05) is 18.2 Å². The molecule has 0 N–H and O–H groups in total. The average Bonchev–Trinajstić information content (AvgIpc) is 2.91. The number of rotatable bonds is 2. The van der Waals surface area contributed by atoms with Crippen LogP contribution < -0.4 is 4.90 Å². The Bertz CT molecular complexity index is 737. The number of imide groups is 1. The third-order valence-electron chi connectivity index (χ3n) is 2.75. The van der Waals surface area contributed by atoms with Crippen molar-refractivity contribution >= 4 is 73.2 Å². The molecule has 0 atom stereocenters. The van der Waals surface area contributed by atoms with E-state index in [0.717, 1.165) is 16.2 Å². The molecule has 0 saturated carbocycles. The Labute approximate surface area is 146 Å². The number of halogens is 2. The molecule has 0 aliphatic carbocycles. The summed E-state index contributed by atoms with van der Waals surface area (Å²) in [6, 6.07) is 10.6. The topological polar surface area (TPSA) is 50.5 Å². The first-order valence-electron chi connectivity index (χ1n) is 5.84. The molecular weight excluding hydrogens is 469 g/mol. The lowest BCUT2D eigenvalue weighted by Crippen LogP contribution is -2.27. The standard InChI is InChI=1S/C14H7BrINO3S/c15-10-6-9(20-12(10)16)7-11-13(18)17(14(19)21-11)8-4-2-1-3-5-8/h1-7H/b11-7-. The maximum absolute atomic E-state index is 12.4. The number of carbonyl (C=O) groups is 2. The number of nitrogens with zero attached hydrogens (tertiary/aromatic N) is 1. The van der Waals surface area contributed by atoms with Crippen LogP contribution in [0.3, 0.4) is 0 Å². The van der Waals surface area contributed by atoms with Gasteiger partial charge in [-0.3, -0.25) is 9.59 Å². The second-order valence-electron chi connectivity index (χ2n) is 4.12. The molecule has 106 valence electrons. The van der Waals surface area contributed by atoms with Gasteiger partial charge in [-0.05, 0) is 45.9 Å². The van der Waals surface area contributed by atoms with Crippen LogP contribution in [0.5, 0.6) is 0 Å². The van der Waals surface area contributed by atoms with Crippen LogP contribution in [-0.2, 0) is 4.79 Å². The van der Waals surface area contributed by atoms with Crippen LogP contribution in [0.25, 0.3) is 6.08 Å². The summed E-state index contributed by atoms with van der Waals surface area (Å²) in [6.45, 7) is 0. The average molecular weight is 476 g/mol. The summed E-state index contributed by atoms with van der Waals surface area (Å²) in [5, 5.41) is -0.308. The van der Waals surface area contributed by atoms with Crippen molar-refractivity contribution in [2.45, 2.75) is 0 Å². The van der Waals surface area contributed by atoms with E-state index < -0.39 is 0 Å². The normalized spacial score (nSPS) is 17.0. The van der Waals surface area contributed by atoms with E-state index in [9.17, 15) is 9.59 Å². The summed E-state index contributed by atoms with van der Waals surface area (Å²) in [6.07, 6.45) is 1.58. The third-order valence-corrected chi connectivity index (χ3v) is 5.75. The fourth-order valence-corrected chi connectivity index (χ4v) is 3.37. The van der Waals surface area contributed by atoms with Crippen LogP contribution in [0.1, 0.15) is 5.76 Å². The van der Waals surface area contributed by atoms with E-state index in [2.05, 4.69) is 15.9 Å². The number of anilines is 1. The molecule has 1 aliphatic rings. The monoisotopic (exact) mass is 475 g/mol. The van der Waals surface area contributed by atoms with E-state index in [1.807, 2.05) is 28.7 Å². The summed E-state index contributed by atoms with van der Waals surface area (Å²) in [5.74, 6) is 0.198. The maximum Gasteiger partial charge on any atom is 0.298 e. The van der Waals surface area contributed by atoms with E-state index in [1.165, 1.54) is 4.90 Å². The van der Waals surface area contributed by atoms with Crippen molar-refractivity contribution in [3.05, 3.63) is 55.3 Å². The molecule has 21 heavy (non-hydrogen) atoms. The van der Waals surface area contributed by atoms with Gasteiger partial charge in [0, 0.05) is 28.7 Å². The van der Waals surface area contributed by atoms with Crippen LogP contribution in [0.15, 0.2) is 50.2 Å². The molecule has 7 heteroatoms. The smallest absolute Gasteiger partial charge is 0.298 e. The Kier molecular flexibility index (Phi) is 4.23. The first-order valence-corrected chi connectivity index (χ1v) is 8.53. The van der Waals surface area contributed by atoms with Crippen molar-refractivity contribution in [3.8, 4) is 0 Å². The first-order chi connectivity index (χ1) is 10.1. The van der Waals surface area contributed by atoms with Gasteiger partial charge in [-0.15, -0.1) is 0 Å². The second-order valence-corrected chi connectivity index (χ2v) is 6.95. The highest BCUT2D eigenvalue weighted by Crippen LogP contribution is 2.36. The van der Waals surface area contributed by atoms with E-state index in [0.29, 0.717) is 20.1 Å². The molecule has 2 heterocycles. The number of carbonyl (C=O) groups excluding carboxylic acids is 2. The zero-order chi connectivity index (χ0) is 15.0. The predicted molar refractivity (Wildman–Crippen MR) is 94.0 cm³/mol. The van der Waals surface area contributed by atoms with Gasteiger partial charge in [0.15, 0.2) is 3.77 Å². The molecule has 1 aliphatic heterocycles. The molecule has 4 nitrogen and oxygen atoms in total. The summed E-state index contributed by atoms with van der Waals surface area (Å²) >= 11 is 6.29. The van der Waals surface area contributed by atoms with Crippen LogP contribution >= 0.6 is 50.3 Å². The van der Waals surface area contributed by atoms with Gasteiger partial charge in [0.05, 0.1) is 15.1 Å². The molecule has 1 aromatic carbocycles.